The standard InChI is InChI=1S/C21H17FN4O2/c1-24-18-14(20(27)25(2)21(24)28)11-26-16-6-4-3-5-15(16)23-17(19(18)26)12-7-9-13(22)10-8-12/h3-11,17,23H,1-2H3/t17-/m0/s1. The van der Waals surface area contributed by atoms with Crippen LogP contribution in [0, 0.1) is 5.82 Å². The molecule has 3 heterocycles. The summed E-state index contributed by atoms with van der Waals surface area (Å²) in [5.74, 6) is -0.318. The van der Waals surface area contributed by atoms with Gasteiger partial charge in [0.05, 0.1) is 34.0 Å². The molecule has 5 rings (SSSR count). The first-order valence-electron chi connectivity index (χ1n) is 8.89. The van der Waals surface area contributed by atoms with Crippen LogP contribution in [0.3, 0.4) is 0 Å². The van der Waals surface area contributed by atoms with E-state index in [1.54, 1.807) is 25.4 Å². The molecule has 28 heavy (non-hydrogen) atoms. The Kier molecular flexibility index (Phi) is 3.37. The van der Waals surface area contributed by atoms with Crippen LogP contribution < -0.4 is 16.6 Å². The molecule has 1 aliphatic rings. The van der Waals surface area contributed by atoms with Gasteiger partial charge in [-0.25, -0.2) is 9.18 Å². The first-order valence-corrected chi connectivity index (χ1v) is 8.89. The molecule has 0 saturated heterocycles. The van der Waals surface area contributed by atoms with E-state index in [4.69, 9.17) is 0 Å². The summed E-state index contributed by atoms with van der Waals surface area (Å²) in [6, 6.07) is 13.7. The third-order valence-corrected chi connectivity index (χ3v) is 5.40. The van der Waals surface area contributed by atoms with Crippen LogP contribution in [0.2, 0.25) is 0 Å². The predicted octanol–water partition coefficient (Wildman–Crippen LogP) is 2.68. The lowest BCUT2D eigenvalue weighted by Crippen LogP contribution is -2.37. The molecule has 1 atom stereocenters. The summed E-state index contributed by atoms with van der Waals surface area (Å²) in [5, 5.41) is 3.94. The molecule has 0 bridgehead atoms. The van der Waals surface area contributed by atoms with Crippen LogP contribution in [0.4, 0.5) is 10.1 Å². The van der Waals surface area contributed by atoms with Gasteiger partial charge in [0.25, 0.3) is 5.56 Å². The van der Waals surface area contributed by atoms with Gasteiger partial charge in [0.1, 0.15) is 5.82 Å². The van der Waals surface area contributed by atoms with Crippen molar-refractivity contribution in [2.45, 2.75) is 6.04 Å². The highest BCUT2D eigenvalue weighted by Crippen LogP contribution is 2.40. The number of para-hydroxylation sites is 2. The third kappa shape index (κ3) is 2.13. The highest BCUT2D eigenvalue weighted by molar-refractivity contribution is 5.86. The van der Waals surface area contributed by atoms with E-state index in [2.05, 4.69) is 5.32 Å². The van der Waals surface area contributed by atoms with Crippen molar-refractivity contribution in [3.63, 3.8) is 0 Å². The molecule has 0 unspecified atom stereocenters. The van der Waals surface area contributed by atoms with Crippen LogP contribution in [0.5, 0.6) is 0 Å². The molecule has 1 aliphatic heterocycles. The fourth-order valence-corrected chi connectivity index (χ4v) is 4.01. The molecule has 4 aromatic rings. The summed E-state index contributed by atoms with van der Waals surface area (Å²) in [5.41, 5.74) is 3.25. The molecule has 7 heteroatoms. The van der Waals surface area contributed by atoms with E-state index in [9.17, 15) is 14.0 Å². The van der Waals surface area contributed by atoms with Gasteiger partial charge < -0.3 is 9.88 Å². The summed E-state index contributed by atoms with van der Waals surface area (Å²) >= 11 is 0. The van der Waals surface area contributed by atoms with Crippen molar-refractivity contribution in [1.82, 2.24) is 13.7 Å². The van der Waals surface area contributed by atoms with Crippen molar-refractivity contribution in [1.29, 1.82) is 0 Å². The van der Waals surface area contributed by atoms with Gasteiger partial charge in [0.2, 0.25) is 0 Å². The van der Waals surface area contributed by atoms with E-state index in [1.165, 1.54) is 23.7 Å². The van der Waals surface area contributed by atoms with E-state index in [-0.39, 0.29) is 23.1 Å². The number of halogens is 1. The van der Waals surface area contributed by atoms with Crippen molar-refractivity contribution in [3.05, 3.63) is 92.6 Å². The van der Waals surface area contributed by atoms with Crippen molar-refractivity contribution in [2.24, 2.45) is 14.1 Å². The van der Waals surface area contributed by atoms with Gasteiger partial charge in [-0.15, -0.1) is 0 Å². The van der Waals surface area contributed by atoms with E-state index < -0.39 is 0 Å². The molecule has 6 nitrogen and oxygen atoms in total. The van der Waals surface area contributed by atoms with Crippen LogP contribution in [0.1, 0.15) is 17.3 Å². The lowest BCUT2D eigenvalue weighted by atomic mass is 9.99. The summed E-state index contributed by atoms with van der Waals surface area (Å²) in [7, 11) is 3.14. The first-order chi connectivity index (χ1) is 13.5. The van der Waals surface area contributed by atoms with Gasteiger partial charge in [-0.05, 0) is 29.8 Å². The molecule has 0 fully saturated rings. The van der Waals surface area contributed by atoms with E-state index in [0.717, 1.165) is 27.2 Å². The van der Waals surface area contributed by atoms with Gasteiger partial charge >= 0.3 is 5.69 Å². The maximum absolute atomic E-state index is 13.5. The summed E-state index contributed by atoms with van der Waals surface area (Å²) in [6.07, 6.45) is 1.78. The molecule has 0 radical (unpaired) electrons. The van der Waals surface area contributed by atoms with Crippen LogP contribution in [-0.2, 0) is 14.1 Å². The highest BCUT2D eigenvalue weighted by Gasteiger charge is 2.30. The van der Waals surface area contributed by atoms with Gasteiger partial charge in [-0.2, -0.15) is 0 Å². The van der Waals surface area contributed by atoms with Crippen molar-refractivity contribution < 1.29 is 4.39 Å². The van der Waals surface area contributed by atoms with Crippen molar-refractivity contribution in [3.8, 4) is 5.69 Å². The van der Waals surface area contributed by atoms with Gasteiger partial charge in [-0.3, -0.25) is 13.9 Å². The van der Waals surface area contributed by atoms with Crippen molar-refractivity contribution >= 4 is 16.6 Å². The largest absolute Gasteiger partial charge is 0.371 e. The molecular weight excluding hydrogens is 359 g/mol. The summed E-state index contributed by atoms with van der Waals surface area (Å²) < 4.78 is 18.0. The molecule has 2 aromatic carbocycles. The zero-order valence-electron chi connectivity index (χ0n) is 15.3. The Bertz CT molecular complexity index is 1360. The third-order valence-electron chi connectivity index (χ3n) is 5.40. The lowest BCUT2D eigenvalue weighted by molar-refractivity contribution is 0.626. The smallest absolute Gasteiger partial charge is 0.331 e. The summed E-state index contributed by atoms with van der Waals surface area (Å²) in [6.45, 7) is 0. The number of benzene rings is 2. The second-order valence-electron chi connectivity index (χ2n) is 7.00. The molecule has 1 N–H and O–H groups in total. The molecule has 140 valence electrons. The van der Waals surface area contributed by atoms with Crippen LogP contribution >= 0.6 is 0 Å². The Morgan fingerprint density at radius 1 is 0.964 bits per heavy atom. The number of nitrogens with one attached hydrogen (secondary N) is 1. The Morgan fingerprint density at radius 3 is 2.43 bits per heavy atom. The number of aromatic nitrogens is 3. The Hall–Kier alpha value is -3.61. The number of hydrogen-bond acceptors (Lipinski definition) is 3. The molecule has 0 saturated carbocycles. The fraction of sp³-hybridized carbons (Fsp3) is 0.143. The van der Waals surface area contributed by atoms with E-state index >= 15 is 0 Å². The van der Waals surface area contributed by atoms with Gasteiger partial charge in [0, 0.05) is 20.3 Å². The number of hydrogen-bond donors (Lipinski definition) is 1. The zero-order valence-corrected chi connectivity index (χ0v) is 15.3. The van der Waals surface area contributed by atoms with Crippen LogP contribution in [0.15, 0.2) is 64.3 Å². The average Bonchev–Trinajstić information content (AvgIpc) is 3.12. The number of anilines is 1. The summed E-state index contributed by atoms with van der Waals surface area (Å²) in [4.78, 5) is 25.4. The number of fused-ring (bicyclic) bond motifs is 5. The average molecular weight is 376 g/mol. The Morgan fingerprint density at radius 2 is 1.68 bits per heavy atom. The minimum atomic E-state index is -0.386. The van der Waals surface area contributed by atoms with E-state index in [0.29, 0.717) is 10.9 Å². The minimum Gasteiger partial charge on any atom is -0.371 e. The molecule has 0 aliphatic carbocycles. The molecule has 0 spiro atoms. The number of nitrogens with zero attached hydrogens (tertiary/aromatic N) is 3. The maximum Gasteiger partial charge on any atom is 0.331 e. The zero-order chi connectivity index (χ0) is 19.6. The monoisotopic (exact) mass is 376 g/mol. The quantitative estimate of drug-likeness (QED) is 0.556. The minimum absolute atomic E-state index is 0.318. The fourth-order valence-electron chi connectivity index (χ4n) is 4.01. The topological polar surface area (TPSA) is 61.0 Å². The number of rotatable bonds is 1. The molecular formula is C21H17FN4O2. The van der Waals surface area contributed by atoms with Crippen LogP contribution in [-0.4, -0.2) is 13.7 Å². The van der Waals surface area contributed by atoms with Crippen LogP contribution in [0.25, 0.3) is 16.6 Å². The normalized spacial score (nSPS) is 15.2. The van der Waals surface area contributed by atoms with Gasteiger partial charge in [-0.1, -0.05) is 24.3 Å². The maximum atomic E-state index is 13.5. The SMILES string of the molecule is Cn1c(=O)c2cn3c(c2n(C)c1=O)[C@H](c1ccc(F)cc1)Nc1ccccc1-3. The molecule has 2 aromatic heterocycles. The first kappa shape index (κ1) is 16.6. The van der Waals surface area contributed by atoms with Crippen molar-refractivity contribution in [2.75, 3.05) is 5.32 Å². The lowest BCUT2D eigenvalue weighted by Gasteiger charge is -2.30. The van der Waals surface area contributed by atoms with Gasteiger partial charge in [0.15, 0.2) is 0 Å². The Labute approximate surface area is 159 Å². The second-order valence-corrected chi connectivity index (χ2v) is 7.00. The number of aryl methyl sites for hydroxylation is 1. The molecule has 0 amide bonds. The van der Waals surface area contributed by atoms with E-state index in [1.807, 2.05) is 28.8 Å². The second kappa shape index (κ2) is 5.69. The predicted molar refractivity (Wildman–Crippen MR) is 106 cm³/mol. The highest BCUT2D eigenvalue weighted by atomic mass is 19.1. The Balaban J connectivity index is 1.93.